The maximum absolute atomic E-state index is 11.4. The summed E-state index contributed by atoms with van der Waals surface area (Å²) in [6.45, 7) is 6.47. The second kappa shape index (κ2) is 10.2. The molecule has 0 amide bonds. The van der Waals surface area contributed by atoms with Gasteiger partial charge in [0.25, 0.3) is 0 Å². The minimum Gasteiger partial charge on any atom is -0.374 e. The van der Waals surface area contributed by atoms with Crippen molar-refractivity contribution in [3.8, 4) is 0 Å². The van der Waals surface area contributed by atoms with Crippen LogP contribution in [0.3, 0.4) is 0 Å². The Bertz CT molecular complexity index is 714. The predicted molar refractivity (Wildman–Crippen MR) is 116 cm³/mol. The highest BCUT2D eigenvalue weighted by Crippen LogP contribution is 2.35. The largest absolute Gasteiger partial charge is 0.374 e. The molecule has 148 valence electrons. The lowest BCUT2D eigenvalue weighted by molar-refractivity contribution is 0.000505. The van der Waals surface area contributed by atoms with E-state index < -0.39 is 6.23 Å². The zero-order valence-corrected chi connectivity index (χ0v) is 17.3. The first-order valence-corrected chi connectivity index (χ1v) is 11.2. The van der Waals surface area contributed by atoms with E-state index in [1.165, 1.54) is 79.7 Å². The number of rotatable bonds is 10. The highest BCUT2D eigenvalue weighted by atomic mass is 16.3. The Balaban J connectivity index is 1.92. The van der Waals surface area contributed by atoms with Crippen LogP contribution in [0.1, 0.15) is 88.1 Å². The van der Waals surface area contributed by atoms with Gasteiger partial charge in [0.15, 0.2) is 0 Å². The maximum atomic E-state index is 11.4. The zero-order chi connectivity index (χ0) is 19.1. The monoisotopic (exact) mass is 367 g/mol. The summed E-state index contributed by atoms with van der Waals surface area (Å²) >= 11 is 0. The third-order valence-corrected chi connectivity index (χ3v) is 6.13. The molecule has 3 rings (SSSR count). The van der Waals surface area contributed by atoms with Gasteiger partial charge in [-0.25, -0.2) is 0 Å². The van der Waals surface area contributed by atoms with E-state index in [1.54, 1.807) is 0 Å². The molecule has 1 atom stereocenters. The van der Waals surface area contributed by atoms with Crippen molar-refractivity contribution in [3.05, 3.63) is 47.0 Å². The number of aryl methyl sites for hydroxylation is 2. The number of unbranched alkanes of at least 4 members (excludes halogenated alkanes) is 4. The molecule has 0 radical (unpaired) electrons. The molecule has 0 aromatic heterocycles. The number of benzene rings is 2. The third kappa shape index (κ3) is 4.92. The fourth-order valence-corrected chi connectivity index (χ4v) is 4.56. The smallest absolute Gasteiger partial charge is 0.134 e. The Morgan fingerprint density at radius 1 is 0.889 bits per heavy atom. The number of nitrogens with zero attached hydrogens (tertiary/aromatic N) is 1. The van der Waals surface area contributed by atoms with E-state index in [9.17, 15) is 5.11 Å². The van der Waals surface area contributed by atoms with Crippen LogP contribution in [-0.2, 0) is 12.8 Å². The Morgan fingerprint density at radius 2 is 1.52 bits per heavy atom. The Kier molecular flexibility index (Phi) is 7.72. The van der Waals surface area contributed by atoms with Crippen molar-refractivity contribution in [2.45, 2.75) is 84.3 Å². The van der Waals surface area contributed by atoms with E-state index in [0.717, 1.165) is 25.1 Å². The van der Waals surface area contributed by atoms with Crippen molar-refractivity contribution in [3.63, 3.8) is 0 Å². The second-order valence-corrected chi connectivity index (χ2v) is 8.18. The number of aliphatic hydroxyl groups excluding tert-OH is 1. The molecular formula is C25H37NO. The molecule has 1 N–H and O–H groups in total. The molecule has 1 aliphatic carbocycles. The van der Waals surface area contributed by atoms with Crippen LogP contribution in [0.25, 0.3) is 10.8 Å². The zero-order valence-electron chi connectivity index (χ0n) is 17.3. The molecule has 2 aromatic rings. The standard InChI is InChI=1S/C25H37NO/c1-3-5-11-17-26(18-12-6-4-2)25(27)24-19-20-13-7-8-14-21(20)22-15-9-10-16-23(22)24/h9-10,15-16,19,25,27H,3-8,11-14,17-18H2,1-2H3. The van der Waals surface area contributed by atoms with Crippen LogP contribution in [0.4, 0.5) is 0 Å². The molecule has 2 nitrogen and oxygen atoms in total. The number of hydrogen-bond acceptors (Lipinski definition) is 2. The van der Waals surface area contributed by atoms with Crippen molar-refractivity contribution in [1.29, 1.82) is 0 Å². The summed E-state index contributed by atoms with van der Waals surface area (Å²) in [5.74, 6) is 0. The maximum Gasteiger partial charge on any atom is 0.134 e. The Morgan fingerprint density at radius 3 is 2.19 bits per heavy atom. The van der Waals surface area contributed by atoms with Crippen LogP contribution in [0.2, 0.25) is 0 Å². The number of fused-ring (bicyclic) bond motifs is 3. The fraction of sp³-hybridized carbons (Fsp3) is 0.600. The molecule has 1 aliphatic rings. The Hall–Kier alpha value is -1.38. The normalized spacial score (nSPS) is 15.3. The summed E-state index contributed by atoms with van der Waals surface area (Å²) in [5.41, 5.74) is 4.12. The van der Waals surface area contributed by atoms with Gasteiger partial charge in [-0.2, -0.15) is 0 Å². The van der Waals surface area contributed by atoms with E-state index >= 15 is 0 Å². The van der Waals surface area contributed by atoms with Gasteiger partial charge in [0.1, 0.15) is 6.23 Å². The molecule has 2 aromatic carbocycles. The van der Waals surface area contributed by atoms with E-state index in [0.29, 0.717) is 0 Å². The summed E-state index contributed by atoms with van der Waals surface area (Å²) in [5, 5.41) is 14.0. The lowest BCUT2D eigenvalue weighted by Crippen LogP contribution is -2.31. The van der Waals surface area contributed by atoms with Gasteiger partial charge >= 0.3 is 0 Å². The summed E-state index contributed by atoms with van der Waals surface area (Å²) < 4.78 is 0. The van der Waals surface area contributed by atoms with Gasteiger partial charge in [0, 0.05) is 18.7 Å². The van der Waals surface area contributed by atoms with Gasteiger partial charge in [-0.1, -0.05) is 69.9 Å². The molecular weight excluding hydrogens is 330 g/mol. The lowest BCUT2D eigenvalue weighted by Gasteiger charge is -2.30. The summed E-state index contributed by atoms with van der Waals surface area (Å²) in [6, 6.07) is 11.1. The second-order valence-electron chi connectivity index (χ2n) is 8.18. The third-order valence-electron chi connectivity index (χ3n) is 6.13. The molecule has 27 heavy (non-hydrogen) atoms. The van der Waals surface area contributed by atoms with Crippen molar-refractivity contribution < 1.29 is 5.11 Å². The van der Waals surface area contributed by atoms with Gasteiger partial charge in [0.2, 0.25) is 0 Å². The molecule has 1 unspecified atom stereocenters. The van der Waals surface area contributed by atoms with Crippen LogP contribution < -0.4 is 0 Å². The quantitative estimate of drug-likeness (QED) is 0.388. The average Bonchev–Trinajstić information content (AvgIpc) is 2.72. The van der Waals surface area contributed by atoms with Gasteiger partial charge in [-0.05, 0) is 60.4 Å². The first-order valence-electron chi connectivity index (χ1n) is 11.2. The van der Waals surface area contributed by atoms with E-state index in [-0.39, 0.29) is 0 Å². The Labute approximate surface area is 165 Å². The van der Waals surface area contributed by atoms with Crippen LogP contribution in [0.5, 0.6) is 0 Å². The lowest BCUT2D eigenvalue weighted by atomic mass is 9.85. The summed E-state index contributed by atoms with van der Waals surface area (Å²) in [4.78, 5) is 2.32. The van der Waals surface area contributed by atoms with Gasteiger partial charge in [-0.3, -0.25) is 4.90 Å². The summed E-state index contributed by atoms with van der Waals surface area (Å²) in [7, 11) is 0. The molecule has 0 heterocycles. The SMILES string of the molecule is CCCCCN(CCCCC)C(O)c1cc2c(c3ccccc13)CCCC2. The molecule has 0 aliphatic heterocycles. The van der Waals surface area contributed by atoms with E-state index in [4.69, 9.17) is 0 Å². The van der Waals surface area contributed by atoms with Gasteiger partial charge < -0.3 is 5.11 Å². The number of aliphatic hydroxyl groups is 1. The first kappa shape index (κ1) is 20.4. The molecule has 0 saturated carbocycles. The van der Waals surface area contributed by atoms with E-state index in [2.05, 4.69) is 49.1 Å². The van der Waals surface area contributed by atoms with Crippen molar-refractivity contribution >= 4 is 10.8 Å². The van der Waals surface area contributed by atoms with Gasteiger partial charge in [0.05, 0.1) is 0 Å². The molecule has 0 spiro atoms. The summed E-state index contributed by atoms with van der Waals surface area (Å²) in [6.07, 6.45) is 11.7. The molecule has 0 saturated heterocycles. The highest BCUT2D eigenvalue weighted by molar-refractivity contribution is 5.90. The van der Waals surface area contributed by atoms with Crippen molar-refractivity contribution in [2.75, 3.05) is 13.1 Å². The van der Waals surface area contributed by atoms with Crippen molar-refractivity contribution in [2.24, 2.45) is 0 Å². The van der Waals surface area contributed by atoms with Crippen molar-refractivity contribution in [1.82, 2.24) is 4.90 Å². The average molecular weight is 368 g/mol. The topological polar surface area (TPSA) is 23.5 Å². The van der Waals surface area contributed by atoms with Crippen LogP contribution >= 0.6 is 0 Å². The first-order chi connectivity index (χ1) is 13.3. The molecule has 2 heteroatoms. The van der Waals surface area contributed by atoms with E-state index in [1.807, 2.05) is 0 Å². The van der Waals surface area contributed by atoms with Crippen LogP contribution in [0, 0.1) is 0 Å². The van der Waals surface area contributed by atoms with Crippen LogP contribution in [0.15, 0.2) is 30.3 Å². The minimum atomic E-state index is -0.490. The highest BCUT2D eigenvalue weighted by Gasteiger charge is 2.22. The van der Waals surface area contributed by atoms with Gasteiger partial charge in [-0.15, -0.1) is 0 Å². The predicted octanol–water partition coefficient (Wildman–Crippen LogP) is 6.39. The molecule has 0 fully saturated rings. The van der Waals surface area contributed by atoms with Crippen LogP contribution in [-0.4, -0.2) is 23.1 Å². The fourth-order valence-electron chi connectivity index (χ4n) is 4.56. The minimum absolute atomic E-state index is 0.490. The molecule has 0 bridgehead atoms. The number of hydrogen-bond donors (Lipinski definition) is 1.